The van der Waals surface area contributed by atoms with Gasteiger partial charge in [0.25, 0.3) is 0 Å². The van der Waals surface area contributed by atoms with E-state index in [0.29, 0.717) is 0 Å². The minimum absolute atomic E-state index is 0.238. The molecule has 4 nitrogen and oxygen atoms in total. The molecule has 2 aromatic heterocycles. The molecule has 4 heteroatoms. The van der Waals surface area contributed by atoms with E-state index in [1.165, 1.54) is 54.6 Å². The van der Waals surface area contributed by atoms with Gasteiger partial charge in [0.05, 0.1) is 22.7 Å². The van der Waals surface area contributed by atoms with Crippen molar-refractivity contribution in [1.29, 1.82) is 0 Å². The standard InChI is InChI=1S/C60H48N2O2/c1-35(2)43-27-29-47-45-17-7-9-19-53(45)63-59(47)57(43)61(41-15-11-13-37(5)33-41)51-31-23-39-22-26-50-52(32-24-40-21-25-49(51)55(39)56(40)50)62(42-16-12-14-38(6)34-42)58-44(36(3)4)28-30-48-46-18-8-10-20-54(46)64-60(48)58/h7-36H,1-6H3. The Morgan fingerprint density at radius 3 is 1.20 bits per heavy atom. The van der Waals surface area contributed by atoms with Crippen molar-refractivity contribution >= 4 is 110 Å². The Labute approximate surface area is 372 Å². The van der Waals surface area contributed by atoms with Gasteiger partial charge in [0.2, 0.25) is 0 Å². The van der Waals surface area contributed by atoms with Gasteiger partial charge in [0, 0.05) is 43.7 Å². The largest absolute Gasteiger partial charge is 0.454 e. The molecule has 0 bridgehead atoms. The average molecular weight is 829 g/mol. The maximum absolute atomic E-state index is 6.91. The van der Waals surface area contributed by atoms with Crippen LogP contribution in [0.15, 0.2) is 179 Å². The fraction of sp³-hybridized carbons (Fsp3) is 0.133. The number of fused-ring (bicyclic) bond motifs is 6. The first kappa shape index (κ1) is 38.1. The second kappa shape index (κ2) is 14.5. The smallest absolute Gasteiger partial charge is 0.159 e. The summed E-state index contributed by atoms with van der Waals surface area (Å²) in [4.78, 5) is 4.94. The molecule has 0 aliphatic carbocycles. The van der Waals surface area contributed by atoms with Crippen LogP contribution in [0.5, 0.6) is 0 Å². The monoisotopic (exact) mass is 828 g/mol. The van der Waals surface area contributed by atoms with E-state index in [2.05, 4.69) is 221 Å². The van der Waals surface area contributed by atoms with Crippen LogP contribution < -0.4 is 9.80 Å². The number of rotatable bonds is 8. The maximum atomic E-state index is 6.91. The van der Waals surface area contributed by atoms with Gasteiger partial charge in [-0.1, -0.05) is 149 Å². The van der Waals surface area contributed by atoms with Crippen LogP contribution in [-0.4, -0.2) is 0 Å². The lowest BCUT2D eigenvalue weighted by Crippen LogP contribution is -2.14. The van der Waals surface area contributed by atoms with Crippen molar-refractivity contribution in [2.24, 2.45) is 0 Å². The molecular formula is C60H48N2O2. The van der Waals surface area contributed by atoms with Crippen molar-refractivity contribution < 1.29 is 8.83 Å². The predicted molar refractivity (Wildman–Crippen MR) is 272 cm³/mol. The third-order valence-corrected chi connectivity index (χ3v) is 13.4. The maximum Gasteiger partial charge on any atom is 0.159 e. The van der Waals surface area contributed by atoms with Gasteiger partial charge >= 0.3 is 0 Å². The molecule has 64 heavy (non-hydrogen) atoms. The van der Waals surface area contributed by atoms with Gasteiger partial charge in [0.1, 0.15) is 11.2 Å². The summed E-state index contributed by atoms with van der Waals surface area (Å²) < 4.78 is 13.8. The molecule has 310 valence electrons. The van der Waals surface area contributed by atoms with E-state index in [1.54, 1.807) is 0 Å². The van der Waals surface area contributed by atoms with Crippen LogP contribution in [-0.2, 0) is 0 Å². The first-order chi connectivity index (χ1) is 31.2. The van der Waals surface area contributed by atoms with Gasteiger partial charge in [-0.2, -0.15) is 0 Å². The predicted octanol–water partition coefficient (Wildman–Crippen LogP) is 18.2. The van der Waals surface area contributed by atoms with E-state index >= 15 is 0 Å². The molecule has 0 saturated heterocycles. The molecule has 0 amide bonds. The summed E-state index contributed by atoms with van der Waals surface area (Å²) in [6.45, 7) is 13.5. The first-order valence-electron chi connectivity index (χ1n) is 22.6. The van der Waals surface area contributed by atoms with Gasteiger partial charge in [0.15, 0.2) is 11.2 Å². The molecule has 0 aliphatic rings. The fourth-order valence-corrected chi connectivity index (χ4v) is 10.4. The Hall–Kier alpha value is -7.56. The number of nitrogens with zero attached hydrogens (tertiary/aromatic N) is 2. The van der Waals surface area contributed by atoms with Crippen LogP contribution in [0.1, 0.15) is 61.8 Å². The molecule has 12 aromatic rings. The molecule has 2 heterocycles. The molecule has 0 aliphatic heterocycles. The average Bonchev–Trinajstić information content (AvgIpc) is 3.88. The molecule has 0 unspecified atom stereocenters. The van der Waals surface area contributed by atoms with Crippen LogP contribution >= 0.6 is 0 Å². The molecule has 10 aromatic carbocycles. The van der Waals surface area contributed by atoms with Crippen molar-refractivity contribution in [2.75, 3.05) is 9.80 Å². The number of furan rings is 2. The number of anilines is 6. The zero-order valence-electron chi connectivity index (χ0n) is 37.0. The summed E-state index contributed by atoms with van der Waals surface area (Å²) in [6, 6.07) is 62.2. The topological polar surface area (TPSA) is 32.8 Å². The minimum Gasteiger partial charge on any atom is -0.454 e. The number of benzene rings is 10. The van der Waals surface area contributed by atoms with Crippen LogP contribution in [0.2, 0.25) is 0 Å². The third kappa shape index (κ3) is 5.75. The van der Waals surface area contributed by atoms with Gasteiger partial charge in [-0.25, -0.2) is 0 Å². The molecule has 0 atom stereocenters. The lowest BCUT2D eigenvalue weighted by molar-refractivity contribution is 0.667. The van der Waals surface area contributed by atoms with E-state index in [4.69, 9.17) is 8.83 Å². The zero-order chi connectivity index (χ0) is 43.4. The third-order valence-electron chi connectivity index (χ3n) is 13.4. The summed E-state index contributed by atoms with van der Waals surface area (Å²) in [7, 11) is 0. The van der Waals surface area contributed by atoms with E-state index in [0.717, 1.165) is 78.0 Å². The Bertz CT molecular complexity index is 3540. The van der Waals surface area contributed by atoms with E-state index < -0.39 is 0 Å². The van der Waals surface area contributed by atoms with Crippen LogP contribution in [0.4, 0.5) is 34.1 Å². The summed E-state index contributed by atoms with van der Waals surface area (Å²) in [5.41, 5.74) is 15.0. The zero-order valence-corrected chi connectivity index (χ0v) is 37.0. The van der Waals surface area contributed by atoms with Gasteiger partial charge in [-0.3, -0.25) is 0 Å². The quantitative estimate of drug-likeness (QED) is 0.143. The minimum atomic E-state index is 0.238. The van der Waals surface area contributed by atoms with Crippen LogP contribution in [0, 0.1) is 13.8 Å². The number of hydrogen-bond donors (Lipinski definition) is 0. The van der Waals surface area contributed by atoms with Crippen molar-refractivity contribution in [2.45, 2.75) is 53.4 Å². The second-order valence-electron chi connectivity index (χ2n) is 18.2. The first-order valence-corrected chi connectivity index (χ1v) is 22.6. The summed E-state index contributed by atoms with van der Waals surface area (Å²) >= 11 is 0. The van der Waals surface area contributed by atoms with Gasteiger partial charge in [-0.15, -0.1) is 0 Å². The Balaban J connectivity index is 1.17. The van der Waals surface area contributed by atoms with Gasteiger partial charge in [-0.05, 0) is 118 Å². The lowest BCUT2D eigenvalue weighted by Gasteiger charge is -2.32. The highest BCUT2D eigenvalue weighted by Gasteiger charge is 2.29. The van der Waals surface area contributed by atoms with Crippen molar-refractivity contribution in [3.8, 4) is 0 Å². The van der Waals surface area contributed by atoms with E-state index in [9.17, 15) is 0 Å². The molecule has 0 saturated carbocycles. The van der Waals surface area contributed by atoms with E-state index in [1.807, 2.05) is 0 Å². The van der Waals surface area contributed by atoms with Crippen LogP contribution in [0.3, 0.4) is 0 Å². The second-order valence-corrected chi connectivity index (χ2v) is 18.2. The summed E-state index contributed by atoms with van der Waals surface area (Å²) in [5.74, 6) is 0.476. The molecule has 0 fully saturated rings. The van der Waals surface area contributed by atoms with E-state index in [-0.39, 0.29) is 11.8 Å². The SMILES string of the molecule is Cc1cccc(N(c2ccc3ccc4c(N(c5cccc(C)c5)c5c(C(C)C)ccc6c5oc5ccccc56)ccc5ccc2c3c54)c2c(C(C)C)ccc3c2oc2ccccc23)c1. The van der Waals surface area contributed by atoms with Crippen molar-refractivity contribution in [3.05, 3.63) is 192 Å². The highest BCUT2D eigenvalue weighted by Crippen LogP contribution is 2.52. The summed E-state index contributed by atoms with van der Waals surface area (Å²) in [6.07, 6.45) is 0. The molecule has 0 spiro atoms. The van der Waals surface area contributed by atoms with Crippen molar-refractivity contribution in [1.82, 2.24) is 0 Å². The lowest BCUT2D eigenvalue weighted by atomic mass is 9.90. The number of hydrogen-bond acceptors (Lipinski definition) is 4. The Morgan fingerprint density at radius 1 is 0.375 bits per heavy atom. The Morgan fingerprint density at radius 2 is 0.781 bits per heavy atom. The molecule has 0 N–H and O–H groups in total. The molecular weight excluding hydrogens is 781 g/mol. The highest BCUT2D eigenvalue weighted by molar-refractivity contribution is 6.29. The molecule has 0 radical (unpaired) electrons. The highest BCUT2D eigenvalue weighted by atomic mass is 16.3. The molecule has 12 rings (SSSR count). The van der Waals surface area contributed by atoms with Crippen LogP contribution in [0.25, 0.3) is 76.2 Å². The van der Waals surface area contributed by atoms with Crippen molar-refractivity contribution in [3.63, 3.8) is 0 Å². The fourth-order valence-electron chi connectivity index (χ4n) is 10.4. The van der Waals surface area contributed by atoms with Gasteiger partial charge < -0.3 is 18.6 Å². The number of para-hydroxylation sites is 2. The normalized spacial score (nSPS) is 12.2. The Kier molecular flexibility index (Phi) is 8.64. The summed E-state index contributed by atoms with van der Waals surface area (Å²) in [5, 5.41) is 11.7. The number of aryl methyl sites for hydroxylation is 2.